The number of amides is 3. The molecule has 2 N–H and O–H groups in total. The number of nitrogens with zero attached hydrogens (tertiary/aromatic N) is 4. The van der Waals surface area contributed by atoms with E-state index < -0.39 is 23.9 Å². The number of ether oxygens (including phenoxy) is 1. The summed E-state index contributed by atoms with van der Waals surface area (Å²) in [5.41, 5.74) is 1.96. The average molecular weight is 866 g/mol. The van der Waals surface area contributed by atoms with Crippen molar-refractivity contribution in [2.45, 2.75) is 129 Å². The molecule has 2 aromatic rings. The lowest BCUT2D eigenvalue weighted by Gasteiger charge is -2.41. The first-order valence-electron chi connectivity index (χ1n) is 22.4. The summed E-state index contributed by atoms with van der Waals surface area (Å²) in [6, 6.07) is 16.7. The molecule has 2 aromatic carbocycles. The topological polar surface area (TPSA) is 148 Å². The van der Waals surface area contributed by atoms with Crippen LogP contribution in [0.4, 0.5) is 0 Å². The number of carboxylic acid groups (broad SMARTS) is 2. The molecular weight excluding hydrogens is 796 g/mol. The molecule has 0 spiro atoms. The van der Waals surface area contributed by atoms with Crippen LogP contribution in [0.1, 0.15) is 110 Å². The minimum atomic E-state index is -0.881. The van der Waals surface area contributed by atoms with E-state index in [9.17, 15) is 24.0 Å². The Bertz CT molecular complexity index is 1770. The van der Waals surface area contributed by atoms with Gasteiger partial charge in [0.05, 0.1) is 31.1 Å². The molecule has 3 saturated heterocycles. The molecule has 5 atom stereocenters. The molecule has 3 amide bonds. The second-order valence-corrected chi connectivity index (χ2v) is 19.4. The summed E-state index contributed by atoms with van der Waals surface area (Å²) in [6.07, 6.45) is 5.94. The number of carboxylic acids is 2. The molecular formula is C48H69ClN4O8. The molecule has 0 radical (unpaired) electrons. The van der Waals surface area contributed by atoms with Crippen LogP contribution in [-0.2, 0) is 35.1 Å². The zero-order valence-electron chi connectivity index (χ0n) is 37.1. The first-order valence-corrected chi connectivity index (χ1v) is 22.8. The van der Waals surface area contributed by atoms with E-state index in [0.29, 0.717) is 76.0 Å². The summed E-state index contributed by atoms with van der Waals surface area (Å²) in [5.74, 6) is -1.86. The van der Waals surface area contributed by atoms with Crippen LogP contribution in [-0.4, -0.2) is 129 Å². The molecule has 3 aliphatic heterocycles. The van der Waals surface area contributed by atoms with Crippen molar-refractivity contribution in [2.24, 2.45) is 23.7 Å². The van der Waals surface area contributed by atoms with E-state index in [0.717, 1.165) is 43.4 Å². The molecule has 61 heavy (non-hydrogen) atoms. The second-order valence-electron chi connectivity index (χ2n) is 19.0. The van der Waals surface area contributed by atoms with E-state index in [1.54, 1.807) is 0 Å². The Morgan fingerprint density at radius 2 is 1.49 bits per heavy atom. The maximum Gasteiger partial charge on any atom is 0.306 e. The van der Waals surface area contributed by atoms with Crippen LogP contribution in [0, 0.1) is 23.7 Å². The number of carbonyl (C=O) groups excluding carboxylic acids is 3. The van der Waals surface area contributed by atoms with E-state index in [-0.39, 0.29) is 59.5 Å². The van der Waals surface area contributed by atoms with E-state index in [1.807, 2.05) is 78.2 Å². The minimum absolute atomic E-state index is 0.00733. The Hall–Kier alpha value is -4.00. The molecule has 0 aromatic heterocycles. The smallest absolute Gasteiger partial charge is 0.306 e. The zero-order chi connectivity index (χ0) is 44.4. The molecule has 6 rings (SSSR count). The molecule has 336 valence electrons. The van der Waals surface area contributed by atoms with Crippen LogP contribution in [0.3, 0.4) is 0 Å². The summed E-state index contributed by atoms with van der Waals surface area (Å²) in [7, 11) is 0. The van der Waals surface area contributed by atoms with Crippen molar-refractivity contribution < 1.29 is 38.9 Å². The molecule has 1 unspecified atom stereocenters. The van der Waals surface area contributed by atoms with Gasteiger partial charge in [0.1, 0.15) is 6.04 Å². The number of halogens is 1. The van der Waals surface area contributed by atoms with Crippen LogP contribution in [0.25, 0.3) is 0 Å². The van der Waals surface area contributed by atoms with Crippen molar-refractivity contribution in [1.82, 2.24) is 19.6 Å². The van der Waals surface area contributed by atoms with Gasteiger partial charge in [0.15, 0.2) is 0 Å². The molecule has 4 aliphatic rings. The molecule has 1 saturated carbocycles. The Morgan fingerprint density at radius 3 is 2.07 bits per heavy atom. The van der Waals surface area contributed by atoms with Gasteiger partial charge in [-0.1, -0.05) is 74.8 Å². The van der Waals surface area contributed by atoms with Crippen molar-refractivity contribution in [1.29, 1.82) is 0 Å². The quantitative estimate of drug-likeness (QED) is 0.213. The highest BCUT2D eigenvalue weighted by Crippen LogP contribution is 2.40. The number of aliphatic carboxylic acids is 2. The highest BCUT2D eigenvalue weighted by atomic mass is 35.5. The van der Waals surface area contributed by atoms with Crippen LogP contribution in [0.2, 0.25) is 5.02 Å². The van der Waals surface area contributed by atoms with Crippen LogP contribution < -0.4 is 0 Å². The van der Waals surface area contributed by atoms with Gasteiger partial charge in [-0.25, -0.2) is 0 Å². The summed E-state index contributed by atoms with van der Waals surface area (Å²) < 4.78 is 5.55. The predicted molar refractivity (Wildman–Crippen MR) is 236 cm³/mol. The normalized spacial score (nSPS) is 25.1. The maximum absolute atomic E-state index is 14.8. The van der Waals surface area contributed by atoms with Gasteiger partial charge in [-0.05, 0) is 101 Å². The third kappa shape index (κ3) is 13.0. The first-order chi connectivity index (χ1) is 28.9. The van der Waals surface area contributed by atoms with Gasteiger partial charge >= 0.3 is 11.9 Å². The van der Waals surface area contributed by atoms with Gasteiger partial charge in [-0.2, -0.15) is 0 Å². The third-order valence-electron chi connectivity index (χ3n) is 13.2. The Labute approximate surface area is 367 Å². The van der Waals surface area contributed by atoms with Crippen molar-refractivity contribution >= 4 is 41.3 Å². The zero-order valence-corrected chi connectivity index (χ0v) is 37.9. The lowest BCUT2D eigenvalue weighted by molar-refractivity contribution is -0.148. The molecule has 1 aliphatic carbocycles. The number of hydrogen-bond donors (Lipinski definition) is 2. The average Bonchev–Trinajstić information content (AvgIpc) is 3.88. The van der Waals surface area contributed by atoms with Gasteiger partial charge in [0, 0.05) is 67.6 Å². The first kappa shape index (κ1) is 48.0. The fraction of sp³-hybridized carbons (Fsp3) is 0.646. The van der Waals surface area contributed by atoms with E-state index in [1.165, 1.54) is 0 Å². The maximum atomic E-state index is 14.8. The number of carbonyl (C=O) groups is 5. The molecule has 3 heterocycles. The fourth-order valence-electron chi connectivity index (χ4n) is 9.54. The number of likely N-dealkylation sites (tertiary alicyclic amines) is 2. The van der Waals surface area contributed by atoms with Crippen molar-refractivity contribution in [3.63, 3.8) is 0 Å². The molecule has 0 bridgehead atoms. The SMILES string of the molecule is CC1CCC(N(C(=O)C(C)C)[C@H]2C[C@@H](C(=O)N3CCOCC3)N(C(=O)[C@@H]3CN(C(C)(C)C)C[C@H]3c3ccc(Cl)cc3)C2)CC1.O=C(O)CCCC(Cc1ccccc1)C(=O)O. The highest BCUT2D eigenvalue weighted by Gasteiger charge is 2.51. The highest BCUT2D eigenvalue weighted by molar-refractivity contribution is 6.30. The number of benzene rings is 2. The minimum Gasteiger partial charge on any atom is -0.481 e. The van der Waals surface area contributed by atoms with Crippen molar-refractivity contribution in [3.05, 3.63) is 70.7 Å². The Morgan fingerprint density at radius 1 is 0.852 bits per heavy atom. The van der Waals surface area contributed by atoms with Gasteiger partial charge < -0.3 is 29.6 Å². The monoisotopic (exact) mass is 864 g/mol. The van der Waals surface area contributed by atoms with Gasteiger partial charge in [-0.3, -0.25) is 28.9 Å². The van der Waals surface area contributed by atoms with Crippen LogP contribution in [0.5, 0.6) is 0 Å². The second kappa shape index (κ2) is 21.9. The third-order valence-corrected chi connectivity index (χ3v) is 13.4. The van der Waals surface area contributed by atoms with Gasteiger partial charge in [-0.15, -0.1) is 0 Å². The van der Waals surface area contributed by atoms with Gasteiger partial charge in [0.25, 0.3) is 0 Å². The summed E-state index contributed by atoms with van der Waals surface area (Å²) in [4.78, 5) is 72.5. The number of morpholine rings is 1. The fourth-order valence-corrected chi connectivity index (χ4v) is 9.66. The van der Waals surface area contributed by atoms with Crippen molar-refractivity contribution in [3.8, 4) is 0 Å². The van der Waals surface area contributed by atoms with Crippen LogP contribution >= 0.6 is 11.6 Å². The van der Waals surface area contributed by atoms with Crippen molar-refractivity contribution in [2.75, 3.05) is 45.9 Å². The molecule has 12 nitrogen and oxygen atoms in total. The summed E-state index contributed by atoms with van der Waals surface area (Å²) in [5, 5.41) is 18.2. The summed E-state index contributed by atoms with van der Waals surface area (Å²) in [6.45, 7) is 16.7. The van der Waals surface area contributed by atoms with Crippen LogP contribution in [0.15, 0.2) is 54.6 Å². The molecule has 13 heteroatoms. The lowest BCUT2D eigenvalue weighted by Crippen LogP contribution is -2.53. The van der Waals surface area contributed by atoms with E-state index in [4.69, 9.17) is 26.6 Å². The number of hydrogen-bond acceptors (Lipinski definition) is 7. The predicted octanol–water partition coefficient (Wildman–Crippen LogP) is 7.23. The number of rotatable bonds is 13. The Balaban J connectivity index is 0.000000348. The Kier molecular flexibility index (Phi) is 17.2. The standard InChI is InChI=1S/C35H53ClN4O4.C13H16O4/c1-23(2)32(41)40(27-13-7-24(3)8-14-27)28-19-31(34(43)37-15-17-44-18-16-37)39(20-28)33(42)30-22-38(35(4,5)6)21-29(30)25-9-11-26(36)12-10-25;14-12(15)8-4-7-11(13(16)17)9-10-5-2-1-3-6-10/h9-12,23-24,27-31H,7-8,13-22H2,1-6H3;1-3,5-6,11H,4,7-9H2,(H,14,15)(H,16,17)/t24?,27?,28-,29-,30+,31-;/m0./s1. The summed E-state index contributed by atoms with van der Waals surface area (Å²) >= 11 is 6.25. The lowest BCUT2D eigenvalue weighted by atomic mass is 9.85. The largest absolute Gasteiger partial charge is 0.481 e. The van der Waals surface area contributed by atoms with E-state index >= 15 is 0 Å². The molecule has 4 fully saturated rings. The van der Waals surface area contributed by atoms with Gasteiger partial charge in [0.2, 0.25) is 17.7 Å². The van der Waals surface area contributed by atoms with E-state index in [2.05, 4.69) is 37.5 Å².